The number of carbonyl (C=O) groups is 1. The van der Waals surface area contributed by atoms with Crippen LogP contribution in [0.5, 0.6) is 0 Å². The van der Waals surface area contributed by atoms with Crippen molar-refractivity contribution in [2.45, 2.75) is 18.8 Å². The number of nitrogens with one attached hydrogen (secondary N) is 2. The molecule has 3 rings (SSSR count). The van der Waals surface area contributed by atoms with E-state index in [0.717, 1.165) is 36.1 Å². The molecule has 2 atom stereocenters. The number of hydrogen-bond acceptors (Lipinski definition) is 2. The van der Waals surface area contributed by atoms with Crippen molar-refractivity contribution in [2.24, 2.45) is 5.92 Å². The van der Waals surface area contributed by atoms with Gasteiger partial charge < -0.3 is 10.6 Å². The van der Waals surface area contributed by atoms with Crippen molar-refractivity contribution in [1.82, 2.24) is 5.32 Å². The molecule has 23 heavy (non-hydrogen) atoms. The van der Waals surface area contributed by atoms with E-state index < -0.39 is 0 Å². The first kappa shape index (κ1) is 16.1. The van der Waals surface area contributed by atoms with Crippen molar-refractivity contribution in [1.29, 1.82) is 0 Å². The number of para-hydroxylation sites is 1. The lowest BCUT2D eigenvalue weighted by atomic mass is 10.1. The number of hydrogen-bond donors (Lipinski definition) is 2. The fourth-order valence-electron chi connectivity index (χ4n) is 2.78. The predicted octanol–water partition coefficient (Wildman–Crippen LogP) is 4.17. The molecule has 0 radical (unpaired) electrons. The SMILES string of the molecule is O=C(NCCCNc1ccccc1)C1CC1c1ccc(Br)cc1. The van der Waals surface area contributed by atoms with Gasteiger partial charge in [0, 0.05) is 29.2 Å². The molecule has 0 bridgehead atoms. The molecule has 0 aromatic heterocycles. The lowest BCUT2D eigenvalue weighted by Gasteiger charge is -2.07. The van der Waals surface area contributed by atoms with Gasteiger partial charge in [-0.25, -0.2) is 0 Å². The van der Waals surface area contributed by atoms with Gasteiger partial charge >= 0.3 is 0 Å². The van der Waals surface area contributed by atoms with E-state index in [2.05, 4.69) is 38.7 Å². The molecule has 1 amide bonds. The van der Waals surface area contributed by atoms with Crippen LogP contribution in [0.4, 0.5) is 5.69 Å². The molecule has 3 nitrogen and oxygen atoms in total. The zero-order valence-corrected chi connectivity index (χ0v) is 14.6. The Kier molecular flexibility index (Phi) is 5.34. The summed E-state index contributed by atoms with van der Waals surface area (Å²) in [4.78, 5) is 12.1. The summed E-state index contributed by atoms with van der Waals surface area (Å²) in [6.07, 6.45) is 1.89. The fourth-order valence-corrected chi connectivity index (χ4v) is 3.05. The number of carbonyl (C=O) groups excluding carboxylic acids is 1. The standard InChI is InChI=1S/C19H21BrN2O/c20-15-9-7-14(8-10-15)17-13-18(17)19(23)22-12-4-11-21-16-5-2-1-3-6-16/h1-3,5-10,17-18,21H,4,11-13H2,(H,22,23). The van der Waals surface area contributed by atoms with Gasteiger partial charge in [-0.05, 0) is 48.6 Å². The molecule has 2 aromatic carbocycles. The van der Waals surface area contributed by atoms with Crippen LogP contribution in [0.3, 0.4) is 0 Å². The maximum Gasteiger partial charge on any atom is 0.223 e. The summed E-state index contributed by atoms with van der Waals surface area (Å²) in [6.45, 7) is 1.59. The normalized spacial score (nSPS) is 19.2. The van der Waals surface area contributed by atoms with Crippen LogP contribution >= 0.6 is 15.9 Å². The number of amides is 1. The minimum absolute atomic E-state index is 0.151. The zero-order chi connectivity index (χ0) is 16.1. The third kappa shape index (κ3) is 4.58. The molecule has 2 aromatic rings. The lowest BCUT2D eigenvalue weighted by molar-refractivity contribution is -0.122. The Balaban J connectivity index is 1.34. The predicted molar refractivity (Wildman–Crippen MR) is 97.5 cm³/mol. The highest BCUT2D eigenvalue weighted by Crippen LogP contribution is 2.47. The third-order valence-corrected chi connectivity index (χ3v) is 4.71. The highest BCUT2D eigenvalue weighted by atomic mass is 79.9. The van der Waals surface area contributed by atoms with Gasteiger partial charge in [0.15, 0.2) is 0 Å². The number of rotatable bonds is 7. The quantitative estimate of drug-likeness (QED) is 0.716. The van der Waals surface area contributed by atoms with Gasteiger partial charge in [0.05, 0.1) is 0 Å². The van der Waals surface area contributed by atoms with E-state index in [-0.39, 0.29) is 11.8 Å². The monoisotopic (exact) mass is 372 g/mol. The Morgan fingerprint density at radius 2 is 1.78 bits per heavy atom. The van der Waals surface area contributed by atoms with Crippen molar-refractivity contribution >= 4 is 27.5 Å². The van der Waals surface area contributed by atoms with Crippen LogP contribution in [-0.4, -0.2) is 19.0 Å². The van der Waals surface area contributed by atoms with Gasteiger partial charge in [-0.15, -0.1) is 0 Å². The lowest BCUT2D eigenvalue weighted by Crippen LogP contribution is -2.27. The van der Waals surface area contributed by atoms with Gasteiger partial charge in [-0.2, -0.15) is 0 Å². The van der Waals surface area contributed by atoms with Crippen LogP contribution < -0.4 is 10.6 Å². The van der Waals surface area contributed by atoms with Crippen LogP contribution in [0.1, 0.15) is 24.3 Å². The molecular weight excluding hydrogens is 352 g/mol. The summed E-state index contributed by atoms with van der Waals surface area (Å²) in [5.41, 5.74) is 2.38. The number of anilines is 1. The van der Waals surface area contributed by atoms with Gasteiger partial charge in [0.25, 0.3) is 0 Å². The molecule has 1 saturated carbocycles. The molecule has 0 spiro atoms. The van der Waals surface area contributed by atoms with Gasteiger partial charge in [-0.1, -0.05) is 46.3 Å². The molecular formula is C19H21BrN2O. The smallest absolute Gasteiger partial charge is 0.223 e. The molecule has 1 fully saturated rings. The number of benzene rings is 2. The molecule has 1 aliphatic rings. The molecule has 2 unspecified atom stereocenters. The van der Waals surface area contributed by atoms with E-state index in [1.165, 1.54) is 5.56 Å². The maximum atomic E-state index is 12.1. The molecule has 0 heterocycles. The molecule has 4 heteroatoms. The highest BCUT2D eigenvalue weighted by molar-refractivity contribution is 9.10. The Bertz CT molecular complexity index is 642. The summed E-state index contributed by atoms with van der Waals surface area (Å²) in [5, 5.41) is 6.40. The molecule has 2 N–H and O–H groups in total. The molecule has 1 aliphatic carbocycles. The average Bonchev–Trinajstić information content (AvgIpc) is 3.37. The van der Waals surface area contributed by atoms with Crippen LogP contribution in [0, 0.1) is 5.92 Å². The van der Waals surface area contributed by atoms with Crippen LogP contribution in [0.2, 0.25) is 0 Å². The van der Waals surface area contributed by atoms with Crippen molar-refractivity contribution in [3.63, 3.8) is 0 Å². The fraction of sp³-hybridized carbons (Fsp3) is 0.316. The van der Waals surface area contributed by atoms with Crippen molar-refractivity contribution in [3.05, 3.63) is 64.6 Å². The van der Waals surface area contributed by atoms with Gasteiger partial charge in [-0.3, -0.25) is 4.79 Å². The van der Waals surface area contributed by atoms with Crippen molar-refractivity contribution in [3.8, 4) is 0 Å². The first-order valence-corrected chi connectivity index (χ1v) is 8.85. The average molecular weight is 373 g/mol. The highest BCUT2D eigenvalue weighted by Gasteiger charge is 2.43. The van der Waals surface area contributed by atoms with E-state index in [1.807, 2.05) is 42.5 Å². The summed E-state index contributed by atoms with van der Waals surface area (Å²) >= 11 is 3.44. The minimum atomic E-state index is 0.151. The molecule has 0 aliphatic heterocycles. The Morgan fingerprint density at radius 1 is 1.04 bits per heavy atom. The number of halogens is 1. The summed E-state index contributed by atoms with van der Waals surface area (Å²) < 4.78 is 1.08. The van der Waals surface area contributed by atoms with E-state index in [9.17, 15) is 4.79 Å². The largest absolute Gasteiger partial charge is 0.385 e. The van der Waals surface area contributed by atoms with E-state index in [0.29, 0.717) is 5.92 Å². The van der Waals surface area contributed by atoms with Crippen LogP contribution in [0.25, 0.3) is 0 Å². The molecule has 0 saturated heterocycles. The first-order chi connectivity index (χ1) is 11.2. The van der Waals surface area contributed by atoms with E-state index in [4.69, 9.17) is 0 Å². The summed E-state index contributed by atoms with van der Waals surface area (Å²) in [6, 6.07) is 18.4. The van der Waals surface area contributed by atoms with Crippen molar-refractivity contribution in [2.75, 3.05) is 18.4 Å². The van der Waals surface area contributed by atoms with Gasteiger partial charge in [0.2, 0.25) is 5.91 Å². The summed E-state index contributed by atoms with van der Waals surface area (Å²) in [7, 11) is 0. The van der Waals surface area contributed by atoms with E-state index >= 15 is 0 Å². The second kappa shape index (κ2) is 7.64. The minimum Gasteiger partial charge on any atom is -0.385 e. The Labute approximate surface area is 145 Å². The maximum absolute atomic E-state index is 12.1. The second-order valence-corrected chi connectivity index (χ2v) is 6.85. The van der Waals surface area contributed by atoms with Crippen molar-refractivity contribution < 1.29 is 4.79 Å². The third-order valence-electron chi connectivity index (χ3n) is 4.18. The van der Waals surface area contributed by atoms with Crippen LogP contribution in [0.15, 0.2) is 59.1 Å². The molecule has 120 valence electrons. The van der Waals surface area contributed by atoms with Gasteiger partial charge in [0.1, 0.15) is 0 Å². The Morgan fingerprint density at radius 3 is 2.52 bits per heavy atom. The second-order valence-electron chi connectivity index (χ2n) is 5.94. The zero-order valence-electron chi connectivity index (χ0n) is 13.0. The summed E-state index contributed by atoms with van der Waals surface area (Å²) in [5.74, 6) is 0.737. The Hall–Kier alpha value is -1.81. The topological polar surface area (TPSA) is 41.1 Å². The first-order valence-electron chi connectivity index (χ1n) is 8.06. The van der Waals surface area contributed by atoms with E-state index in [1.54, 1.807) is 0 Å². The van der Waals surface area contributed by atoms with Crippen LogP contribution in [-0.2, 0) is 4.79 Å².